The number of likely N-dealkylation sites (N-methyl/N-ethyl adjacent to an activating group) is 1. The SMILES string of the molecule is C=CCCO[C@H](C)C(=O)N(C)[C@H](c1cccc(F)c1)c1cnn(C)c1. The smallest absolute Gasteiger partial charge is 0.251 e. The molecule has 6 heteroatoms. The molecule has 0 unspecified atom stereocenters. The average Bonchev–Trinajstić information content (AvgIpc) is 3.00. The minimum atomic E-state index is -0.599. The Bertz CT molecular complexity index is 729. The lowest BCUT2D eigenvalue weighted by Gasteiger charge is -2.30. The van der Waals surface area contributed by atoms with Gasteiger partial charge in [0, 0.05) is 25.9 Å². The van der Waals surface area contributed by atoms with Crippen molar-refractivity contribution >= 4 is 5.91 Å². The number of ether oxygens (including phenoxy) is 1. The van der Waals surface area contributed by atoms with Gasteiger partial charge in [-0.2, -0.15) is 5.10 Å². The summed E-state index contributed by atoms with van der Waals surface area (Å²) in [7, 11) is 3.49. The third kappa shape index (κ3) is 4.76. The molecule has 2 rings (SSSR count). The zero-order valence-electron chi connectivity index (χ0n) is 14.9. The number of carbonyl (C=O) groups excluding carboxylic acids is 1. The standard InChI is InChI=1S/C19H24FN3O2/c1-5-6-10-25-14(2)19(24)23(4)18(16-12-21-22(3)13-16)15-8-7-9-17(20)11-15/h5,7-9,11-14,18H,1,6,10H2,2-4H3/t14-,18-/m1/s1. The molecule has 0 radical (unpaired) electrons. The van der Waals surface area contributed by atoms with E-state index in [2.05, 4.69) is 11.7 Å². The highest BCUT2D eigenvalue weighted by atomic mass is 19.1. The van der Waals surface area contributed by atoms with E-state index < -0.39 is 12.1 Å². The van der Waals surface area contributed by atoms with Crippen LogP contribution in [-0.4, -0.2) is 40.3 Å². The summed E-state index contributed by atoms with van der Waals surface area (Å²) < 4.78 is 20.9. The minimum absolute atomic E-state index is 0.179. The van der Waals surface area contributed by atoms with Crippen molar-refractivity contribution in [1.29, 1.82) is 0 Å². The Morgan fingerprint density at radius 2 is 2.24 bits per heavy atom. The zero-order valence-corrected chi connectivity index (χ0v) is 14.9. The highest BCUT2D eigenvalue weighted by Crippen LogP contribution is 2.28. The molecule has 134 valence electrons. The third-order valence-corrected chi connectivity index (χ3v) is 3.98. The maximum atomic E-state index is 13.7. The molecule has 1 aromatic heterocycles. The van der Waals surface area contributed by atoms with Crippen molar-refractivity contribution in [2.24, 2.45) is 7.05 Å². The number of benzene rings is 1. The molecule has 0 saturated carbocycles. The van der Waals surface area contributed by atoms with Crippen LogP contribution in [-0.2, 0) is 16.6 Å². The summed E-state index contributed by atoms with van der Waals surface area (Å²) in [5.41, 5.74) is 1.49. The van der Waals surface area contributed by atoms with Crippen molar-refractivity contribution < 1.29 is 13.9 Å². The summed E-state index contributed by atoms with van der Waals surface area (Å²) in [5, 5.41) is 4.18. The van der Waals surface area contributed by atoms with E-state index in [1.54, 1.807) is 55.0 Å². The first kappa shape index (κ1) is 18.9. The molecule has 0 N–H and O–H groups in total. The van der Waals surface area contributed by atoms with Crippen LogP contribution in [0.15, 0.2) is 49.3 Å². The second kappa shape index (κ2) is 8.58. The summed E-state index contributed by atoms with van der Waals surface area (Å²) >= 11 is 0. The molecule has 0 aliphatic heterocycles. The summed E-state index contributed by atoms with van der Waals surface area (Å²) in [5.74, 6) is -0.523. The van der Waals surface area contributed by atoms with Crippen LogP contribution in [0, 0.1) is 5.82 Å². The molecule has 2 atom stereocenters. The Morgan fingerprint density at radius 1 is 1.48 bits per heavy atom. The van der Waals surface area contributed by atoms with E-state index in [4.69, 9.17) is 4.74 Å². The van der Waals surface area contributed by atoms with E-state index in [1.807, 2.05) is 6.20 Å². The van der Waals surface area contributed by atoms with Crippen LogP contribution in [0.2, 0.25) is 0 Å². The number of halogens is 1. The van der Waals surface area contributed by atoms with Crippen LogP contribution in [0.3, 0.4) is 0 Å². The number of hydrogen-bond acceptors (Lipinski definition) is 3. The zero-order chi connectivity index (χ0) is 18.4. The van der Waals surface area contributed by atoms with Gasteiger partial charge in [-0.1, -0.05) is 18.2 Å². The molecule has 0 aliphatic rings. The lowest BCUT2D eigenvalue weighted by Crippen LogP contribution is -2.39. The molecular weight excluding hydrogens is 321 g/mol. The normalized spacial score (nSPS) is 13.3. The van der Waals surface area contributed by atoms with Gasteiger partial charge in [0.1, 0.15) is 11.9 Å². The highest BCUT2D eigenvalue weighted by molar-refractivity contribution is 5.81. The van der Waals surface area contributed by atoms with E-state index in [-0.39, 0.29) is 11.7 Å². The number of aromatic nitrogens is 2. The first-order valence-electron chi connectivity index (χ1n) is 8.17. The number of amides is 1. The fraction of sp³-hybridized carbons (Fsp3) is 0.368. The molecule has 5 nitrogen and oxygen atoms in total. The van der Waals surface area contributed by atoms with Crippen LogP contribution >= 0.6 is 0 Å². The van der Waals surface area contributed by atoms with E-state index in [0.29, 0.717) is 18.6 Å². The first-order valence-corrected chi connectivity index (χ1v) is 8.17. The van der Waals surface area contributed by atoms with Gasteiger partial charge in [-0.25, -0.2) is 4.39 Å². The molecule has 0 aliphatic carbocycles. The van der Waals surface area contributed by atoms with Gasteiger partial charge < -0.3 is 9.64 Å². The van der Waals surface area contributed by atoms with Gasteiger partial charge in [0.15, 0.2) is 0 Å². The van der Waals surface area contributed by atoms with E-state index in [0.717, 1.165) is 5.56 Å². The lowest BCUT2D eigenvalue weighted by atomic mass is 9.99. The van der Waals surface area contributed by atoms with Crippen LogP contribution < -0.4 is 0 Å². The molecule has 0 fully saturated rings. The summed E-state index contributed by atoms with van der Waals surface area (Å²) in [6, 6.07) is 5.81. The Hall–Kier alpha value is -2.47. The van der Waals surface area contributed by atoms with Gasteiger partial charge in [0.25, 0.3) is 5.91 Å². The fourth-order valence-corrected chi connectivity index (χ4v) is 2.71. The molecule has 0 spiro atoms. The molecule has 25 heavy (non-hydrogen) atoms. The van der Waals surface area contributed by atoms with E-state index in [9.17, 15) is 9.18 Å². The quantitative estimate of drug-likeness (QED) is 0.546. The lowest BCUT2D eigenvalue weighted by molar-refractivity contribution is -0.142. The van der Waals surface area contributed by atoms with Crippen LogP contribution in [0.5, 0.6) is 0 Å². The molecule has 2 aromatic rings. The predicted octanol–water partition coefficient (Wildman–Crippen LogP) is 3.09. The summed E-state index contributed by atoms with van der Waals surface area (Å²) in [6.07, 6.45) is 5.33. The van der Waals surface area contributed by atoms with Crippen LogP contribution in [0.25, 0.3) is 0 Å². The minimum Gasteiger partial charge on any atom is -0.368 e. The molecule has 1 amide bonds. The second-order valence-corrected chi connectivity index (χ2v) is 5.94. The van der Waals surface area contributed by atoms with Crippen LogP contribution in [0.1, 0.15) is 30.5 Å². The molecule has 0 bridgehead atoms. The van der Waals surface area contributed by atoms with E-state index >= 15 is 0 Å². The van der Waals surface area contributed by atoms with Crippen molar-refractivity contribution in [2.75, 3.05) is 13.7 Å². The first-order chi connectivity index (χ1) is 11.9. The monoisotopic (exact) mass is 345 g/mol. The maximum absolute atomic E-state index is 13.7. The predicted molar refractivity (Wildman–Crippen MR) is 94.4 cm³/mol. The van der Waals surface area contributed by atoms with Gasteiger partial charge in [0.05, 0.1) is 18.8 Å². The average molecular weight is 345 g/mol. The largest absolute Gasteiger partial charge is 0.368 e. The highest BCUT2D eigenvalue weighted by Gasteiger charge is 2.28. The summed E-state index contributed by atoms with van der Waals surface area (Å²) in [4.78, 5) is 14.3. The van der Waals surface area contributed by atoms with Crippen molar-refractivity contribution in [2.45, 2.75) is 25.5 Å². The maximum Gasteiger partial charge on any atom is 0.251 e. The van der Waals surface area contributed by atoms with E-state index in [1.165, 1.54) is 12.1 Å². The number of aryl methyl sites for hydroxylation is 1. The Labute approximate surface area is 147 Å². The van der Waals surface area contributed by atoms with Gasteiger partial charge in [-0.3, -0.25) is 9.48 Å². The van der Waals surface area contributed by atoms with Crippen molar-refractivity contribution in [1.82, 2.24) is 14.7 Å². The fourth-order valence-electron chi connectivity index (χ4n) is 2.71. The van der Waals surface area contributed by atoms with Gasteiger partial charge in [0.2, 0.25) is 0 Å². The third-order valence-electron chi connectivity index (χ3n) is 3.98. The van der Waals surface area contributed by atoms with Crippen molar-refractivity contribution in [3.63, 3.8) is 0 Å². The molecular formula is C19H24FN3O2. The Morgan fingerprint density at radius 3 is 2.84 bits per heavy atom. The van der Waals surface area contributed by atoms with Gasteiger partial charge in [-0.15, -0.1) is 6.58 Å². The molecule has 1 heterocycles. The number of rotatable bonds is 8. The second-order valence-electron chi connectivity index (χ2n) is 5.94. The van der Waals surface area contributed by atoms with Crippen molar-refractivity contribution in [3.8, 4) is 0 Å². The molecule has 0 saturated heterocycles. The van der Waals surface area contributed by atoms with Gasteiger partial charge >= 0.3 is 0 Å². The Balaban J connectivity index is 2.28. The molecule has 1 aromatic carbocycles. The number of hydrogen-bond donors (Lipinski definition) is 0. The topological polar surface area (TPSA) is 47.4 Å². The van der Waals surface area contributed by atoms with Crippen molar-refractivity contribution in [3.05, 3.63) is 66.3 Å². The summed E-state index contributed by atoms with van der Waals surface area (Å²) in [6.45, 7) is 5.78. The number of carbonyl (C=O) groups is 1. The van der Waals surface area contributed by atoms with Crippen LogP contribution in [0.4, 0.5) is 4.39 Å². The Kier molecular flexibility index (Phi) is 6.47. The van der Waals surface area contributed by atoms with Gasteiger partial charge in [-0.05, 0) is 31.0 Å². The number of nitrogens with zero attached hydrogens (tertiary/aromatic N) is 3.